The smallest absolute Gasteiger partial charge is 0.158 e. The zero-order valence-electron chi connectivity index (χ0n) is 9.39. The summed E-state index contributed by atoms with van der Waals surface area (Å²) in [6.07, 6.45) is 0. The topological polar surface area (TPSA) is 73.3 Å². The van der Waals surface area contributed by atoms with Crippen LogP contribution in [0, 0.1) is 18.8 Å². The Morgan fingerprint density at radius 3 is 2.75 bits per heavy atom. The van der Waals surface area contributed by atoms with Crippen LogP contribution in [0.15, 0.2) is 15.8 Å². The summed E-state index contributed by atoms with van der Waals surface area (Å²) in [7, 11) is 0. The summed E-state index contributed by atoms with van der Waals surface area (Å²) in [5.41, 5.74) is 2.14. The molecule has 0 bridgehead atoms. The Morgan fingerprint density at radius 2 is 2.25 bits per heavy atom. The monoisotopic (exact) mass is 220 g/mol. The maximum Gasteiger partial charge on any atom is 0.158 e. The number of hydrogen-bond donors (Lipinski definition) is 0. The predicted octanol–water partition coefficient (Wildman–Crippen LogP) is 2.57. The summed E-state index contributed by atoms with van der Waals surface area (Å²) in [6, 6.07) is 1.76. The van der Waals surface area contributed by atoms with Gasteiger partial charge < -0.3 is 4.52 Å². The summed E-state index contributed by atoms with van der Waals surface area (Å²) in [6.45, 7) is 6.14. The predicted molar refractivity (Wildman–Crippen MR) is 58.3 cm³/mol. The van der Waals surface area contributed by atoms with Gasteiger partial charge in [-0.1, -0.05) is 5.16 Å². The summed E-state index contributed by atoms with van der Waals surface area (Å²) < 4.78 is 6.69. The third kappa shape index (κ3) is 1.52. The van der Waals surface area contributed by atoms with E-state index < -0.39 is 0 Å². The first-order chi connectivity index (χ1) is 7.67. The van der Waals surface area contributed by atoms with E-state index in [0.717, 1.165) is 0 Å². The SMILES string of the molecule is CCn1nc(C)c(N=O)c1-c1cc(C)on1. The second-order valence-corrected chi connectivity index (χ2v) is 3.51. The fourth-order valence-electron chi connectivity index (χ4n) is 1.64. The highest BCUT2D eigenvalue weighted by Crippen LogP contribution is 2.32. The van der Waals surface area contributed by atoms with Gasteiger partial charge in [0.1, 0.15) is 17.1 Å². The molecule has 0 saturated carbocycles. The highest BCUT2D eigenvalue weighted by molar-refractivity contribution is 5.71. The number of rotatable bonds is 3. The molecule has 0 aliphatic carbocycles. The lowest BCUT2D eigenvalue weighted by molar-refractivity contribution is 0.399. The van der Waals surface area contributed by atoms with E-state index in [1.165, 1.54) is 0 Å². The van der Waals surface area contributed by atoms with Gasteiger partial charge >= 0.3 is 0 Å². The maximum atomic E-state index is 10.8. The van der Waals surface area contributed by atoms with E-state index in [9.17, 15) is 4.91 Å². The van der Waals surface area contributed by atoms with E-state index in [0.29, 0.717) is 35.1 Å². The van der Waals surface area contributed by atoms with Gasteiger partial charge in [0.25, 0.3) is 0 Å². The van der Waals surface area contributed by atoms with E-state index in [1.54, 1.807) is 24.6 Å². The van der Waals surface area contributed by atoms with Gasteiger partial charge in [-0.2, -0.15) is 5.10 Å². The Morgan fingerprint density at radius 1 is 1.50 bits per heavy atom. The highest BCUT2D eigenvalue weighted by Gasteiger charge is 2.19. The first-order valence-corrected chi connectivity index (χ1v) is 5.01. The molecule has 0 aliphatic rings. The van der Waals surface area contributed by atoms with Crippen molar-refractivity contribution < 1.29 is 4.52 Å². The van der Waals surface area contributed by atoms with Gasteiger partial charge in [0.15, 0.2) is 5.69 Å². The van der Waals surface area contributed by atoms with Crippen LogP contribution in [0.5, 0.6) is 0 Å². The molecule has 0 spiro atoms. The van der Waals surface area contributed by atoms with Crippen molar-refractivity contribution in [2.24, 2.45) is 5.18 Å². The Balaban J connectivity index is 2.66. The molecular formula is C10H12N4O2. The molecule has 2 aromatic rings. The minimum Gasteiger partial charge on any atom is -0.361 e. The molecule has 0 aliphatic heterocycles. The fourth-order valence-corrected chi connectivity index (χ4v) is 1.64. The van der Waals surface area contributed by atoms with Crippen molar-refractivity contribution in [3.63, 3.8) is 0 Å². The highest BCUT2D eigenvalue weighted by atomic mass is 16.5. The molecule has 0 N–H and O–H groups in total. The van der Waals surface area contributed by atoms with Crippen molar-refractivity contribution in [3.8, 4) is 11.4 Å². The number of hydrogen-bond acceptors (Lipinski definition) is 5. The van der Waals surface area contributed by atoms with Gasteiger partial charge in [-0.25, -0.2) is 0 Å². The van der Waals surface area contributed by atoms with E-state index >= 15 is 0 Å². The van der Waals surface area contributed by atoms with E-state index in [2.05, 4.69) is 15.4 Å². The lowest BCUT2D eigenvalue weighted by Crippen LogP contribution is -1.99. The third-order valence-corrected chi connectivity index (χ3v) is 2.36. The van der Waals surface area contributed by atoms with E-state index in [4.69, 9.17) is 4.52 Å². The molecule has 0 saturated heterocycles. The van der Waals surface area contributed by atoms with Gasteiger partial charge in [-0.3, -0.25) is 4.68 Å². The quantitative estimate of drug-likeness (QED) is 0.745. The van der Waals surface area contributed by atoms with Crippen LogP contribution in [-0.4, -0.2) is 14.9 Å². The summed E-state index contributed by atoms with van der Waals surface area (Å²) in [5.74, 6) is 0.688. The zero-order chi connectivity index (χ0) is 11.7. The maximum absolute atomic E-state index is 10.8. The molecule has 0 atom stereocenters. The minimum atomic E-state index is 0.329. The van der Waals surface area contributed by atoms with Crippen LogP contribution < -0.4 is 0 Å². The lowest BCUT2D eigenvalue weighted by Gasteiger charge is -1.99. The van der Waals surface area contributed by atoms with Crippen molar-refractivity contribution in [1.29, 1.82) is 0 Å². The fraction of sp³-hybridized carbons (Fsp3) is 0.400. The molecule has 6 heteroatoms. The Hall–Kier alpha value is -1.98. The molecule has 0 radical (unpaired) electrons. The van der Waals surface area contributed by atoms with Crippen LogP contribution in [0.4, 0.5) is 5.69 Å². The third-order valence-electron chi connectivity index (χ3n) is 2.36. The number of nitrogens with zero attached hydrogens (tertiary/aromatic N) is 4. The normalized spacial score (nSPS) is 10.7. The van der Waals surface area contributed by atoms with Crippen molar-refractivity contribution in [2.45, 2.75) is 27.3 Å². The molecule has 0 unspecified atom stereocenters. The Kier molecular flexibility index (Phi) is 2.55. The van der Waals surface area contributed by atoms with Crippen molar-refractivity contribution in [1.82, 2.24) is 14.9 Å². The number of aryl methyl sites for hydroxylation is 3. The zero-order valence-corrected chi connectivity index (χ0v) is 9.39. The van der Waals surface area contributed by atoms with Crippen molar-refractivity contribution in [2.75, 3.05) is 0 Å². The van der Waals surface area contributed by atoms with Crippen LogP contribution in [0.2, 0.25) is 0 Å². The Labute approximate surface area is 92.2 Å². The molecule has 0 aromatic carbocycles. The average molecular weight is 220 g/mol. The van der Waals surface area contributed by atoms with Gasteiger partial charge in [0, 0.05) is 12.6 Å². The summed E-state index contributed by atoms with van der Waals surface area (Å²) >= 11 is 0. The standard InChI is InChI=1S/C10H12N4O2/c1-4-14-10(8-5-6(2)16-13-8)9(12-15)7(3)11-14/h5H,4H2,1-3H3. The average Bonchev–Trinajstić information content (AvgIpc) is 2.81. The number of aromatic nitrogens is 3. The number of nitroso groups, excluding NO2 is 1. The van der Waals surface area contributed by atoms with Crippen LogP contribution in [0.3, 0.4) is 0 Å². The van der Waals surface area contributed by atoms with Gasteiger partial charge in [0.05, 0.1) is 5.69 Å². The summed E-state index contributed by atoms with van der Waals surface area (Å²) in [4.78, 5) is 10.8. The van der Waals surface area contributed by atoms with Crippen LogP contribution in [0.1, 0.15) is 18.4 Å². The van der Waals surface area contributed by atoms with Crippen LogP contribution in [-0.2, 0) is 6.54 Å². The van der Waals surface area contributed by atoms with Gasteiger partial charge in [0.2, 0.25) is 0 Å². The largest absolute Gasteiger partial charge is 0.361 e. The molecule has 0 fully saturated rings. The molecule has 16 heavy (non-hydrogen) atoms. The summed E-state index contributed by atoms with van der Waals surface area (Å²) in [5, 5.41) is 11.1. The van der Waals surface area contributed by atoms with Crippen LogP contribution >= 0.6 is 0 Å². The second-order valence-electron chi connectivity index (χ2n) is 3.51. The molecule has 2 aromatic heterocycles. The first-order valence-electron chi connectivity index (χ1n) is 5.01. The molecule has 2 heterocycles. The van der Waals surface area contributed by atoms with Crippen molar-refractivity contribution in [3.05, 3.63) is 22.4 Å². The second kappa shape index (κ2) is 3.88. The van der Waals surface area contributed by atoms with Crippen LogP contribution in [0.25, 0.3) is 11.4 Å². The van der Waals surface area contributed by atoms with E-state index in [1.807, 2.05) is 6.92 Å². The van der Waals surface area contributed by atoms with Gasteiger partial charge in [-0.05, 0) is 25.9 Å². The molecular weight excluding hydrogens is 208 g/mol. The van der Waals surface area contributed by atoms with Crippen molar-refractivity contribution >= 4 is 5.69 Å². The van der Waals surface area contributed by atoms with Gasteiger partial charge in [-0.15, -0.1) is 4.91 Å². The Bertz CT molecular complexity index is 527. The molecule has 2 rings (SSSR count). The lowest BCUT2D eigenvalue weighted by atomic mass is 10.2. The van der Waals surface area contributed by atoms with E-state index in [-0.39, 0.29) is 0 Å². The molecule has 0 amide bonds. The molecule has 6 nitrogen and oxygen atoms in total. The minimum absolute atomic E-state index is 0.329. The first kappa shape index (κ1) is 10.5. The molecule has 84 valence electrons.